The molecule has 2 atom stereocenters. The van der Waals surface area contributed by atoms with Crippen molar-refractivity contribution in [3.05, 3.63) is 46.2 Å². The van der Waals surface area contributed by atoms with Crippen molar-refractivity contribution >= 4 is 22.8 Å². The van der Waals surface area contributed by atoms with E-state index < -0.39 is 17.8 Å². The lowest BCUT2D eigenvalue weighted by Crippen LogP contribution is -2.40. The summed E-state index contributed by atoms with van der Waals surface area (Å²) in [5.74, 6) is -1.85. The predicted octanol–water partition coefficient (Wildman–Crippen LogP) is 1.51. The molecular weight excluding hydrogens is 284 g/mol. The zero-order chi connectivity index (χ0) is 15.7. The van der Waals surface area contributed by atoms with Crippen LogP contribution in [0.15, 0.2) is 35.1 Å². The van der Waals surface area contributed by atoms with Gasteiger partial charge in [0.1, 0.15) is 0 Å². The molecule has 2 unspecified atom stereocenters. The molecule has 1 aliphatic carbocycles. The molecule has 0 spiro atoms. The van der Waals surface area contributed by atoms with Crippen LogP contribution in [0.25, 0.3) is 10.9 Å². The fourth-order valence-electron chi connectivity index (χ4n) is 3.07. The minimum atomic E-state index is -0.890. The summed E-state index contributed by atoms with van der Waals surface area (Å²) < 4.78 is 0. The van der Waals surface area contributed by atoms with Crippen molar-refractivity contribution in [3.8, 4) is 0 Å². The van der Waals surface area contributed by atoms with Crippen molar-refractivity contribution in [3.63, 3.8) is 0 Å². The van der Waals surface area contributed by atoms with Crippen LogP contribution in [-0.4, -0.2) is 28.0 Å². The van der Waals surface area contributed by atoms with Gasteiger partial charge in [0.05, 0.1) is 11.5 Å². The van der Waals surface area contributed by atoms with E-state index in [1.807, 2.05) is 0 Å². The standard InChI is InChI=1S/C16H16N2O4/c19-14-8-11(9-4-1-2-6-12(9)17-14)15(20)18-13-7-3-5-10(13)16(21)22/h1-2,4,6,8,10,13H,3,5,7H2,(H,17,19)(H,18,20)(H,21,22). The van der Waals surface area contributed by atoms with Crippen LogP contribution < -0.4 is 10.9 Å². The molecule has 1 aromatic carbocycles. The Hall–Kier alpha value is -2.63. The highest BCUT2D eigenvalue weighted by atomic mass is 16.4. The third-order valence-electron chi connectivity index (χ3n) is 4.14. The summed E-state index contributed by atoms with van der Waals surface area (Å²) in [5.41, 5.74) is 0.502. The minimum Gasteiger partial charge on any atom is -0.481 e. The molecule has 3 rings (SSSR count). The molecule has 0 radical (unpaired) electrons. The van der Waals surface area contributed by atoms with Gasteiger partial charge in [-0.2, -0.15) is 0 Å². The molecule has 0 bridgehead atoms. The van der Waals surface area contributed by atoms with Crippen molar-refractivity contribution in [2.45, 2.75) is 25.3 Å². The van der Waals surface area contributed by atoms with Gasteiger partial charge in [-0.05, 0) is 18.9 Å². The SMILES string of the molecule is O=C(NC1CCCC1C(=O)O)c1cc(=O)[nH]c2ccccc12. The fourth-order valence-corrected chi connectivity index (χ4v) is 3.07. The van der Waals surface area contributed by atoms with Crippen molar-refractivity contribution in [2.24, 2.45) is 5.92 Å². The summed E-state index contributed by atoms with van der Waals surface area (Å²) in [6.45, 7) is 0. The van der Waals surface area contributed by atoms with Gasteiger partial charge in [0, 0.05) is 23.0 Å². The minimum absolute atomic E-state index is 0.274. The average Bonchev–Trinajstić information content (AvgIpc) is 2.94. The Bertz CT molecular complexity index is 796. The maximum absolute atomic E-state index is 12.5. The molecule has 1 aliphatic rings. The third-order valence-corrected chi connectivity index (χ3v) is 4.14. The molecule has 0 saturated heterocycles. The average molecular weight is 300 g/mol. The van der Waals surface area contributed by atoms with Gasteiger partial charge in [0.15, 0.2) is 0 Å². The molecule has 1 heterocycles. The third kappa shape index (κ3) is 2.59. The Morgan fingerprint density at radius 1 is 1.23 bits per heavy atom. The molecule has 22 heavy (non-hydrogen) atoms. The van der Waals surface area contributed by atoms with Crippen LogP contribution in [0.4, 0.5) is 0 Å². The number of fused-ring (bicyclic) bond motifs is 1. The molecule has 1 saturated carbocycles. The number of benzene rings is 1. The topological polar surface area (TPSA) is 99.3 Å². The summed E-state index contributed by atoms with van der Waals surface area (Å²) in [6, 6.07) is 7.91. The smallest absolute Gasteiger partial charge is 0.308 e. The van der Waals surface area contributed by atoms with Gasteiger partial charge in [-0.3, -0.25) is 14.4 Å². The number of aliphatic carboxylic acids is 1. The van der Waals surface area contributed by atoms with E-state index in [0.717, 1.165) is 6.42 Å². The number of aromatic amines is 1. The molecule has 0 aliphatic heterocycles. The van der Waals surface area contributed by atoms with Crippen LogP contribution in [0.1, 0.15) is 29.6 Å². The normalized spacial score (nSPS) is 20.9. The highest BCUT2D eigenvalue weighted by molar-refractivity contribution is 6.06. The van der Waals surface area contributed by atoms with Crippen LogP contribution >= 0.6 is 0 Å². The molecule has 6 heteroatoms. The van der Waals surface area contributed by atoms with E-state index in [-0.39, 0.29) is 17.2 Å². The predicted molar refractivity (Wildman–Crippen MR) is 80.8 cm³/mol. The first-order valence-corrected chi connectivity index (χ1v) is 7.22. The lowest BCUT2D eigenvalue weighted by atomic mass is 10.0. The first kappa shape index (κ1) is 14.3. The monoisotopic (exact) mass is 300 g/mol. The molecule has 114 valence electrons. The van der Waals surface area contributed by atoms with Crippen LogP contribution in [-0.2, 0) is 4.79 Å². The Balaban J connectivity index is 1.93. The van der Waals surface area contributed by atoms with E-state index in [9.17, 15) is 19.5 Å². The lowest BCUT2D eigenvalue weighted by Gasteiger charge is -2.18. The molecule has 3 N–H and O–H groups in total. The van der Waals surface area contributed by atoms with Gasteiger partial charge in [0.25, 0.3) is 5.91 Å². The molecule has 1 amide bonds. The van der Waals surface area contributed by atoms with Crippen molar-refractivity contribution in [1.82, 2.24) is 10.3 Å². The summed E-state index contributed by atoms with van der Waals surface area (Å²) in [7, 11) is 0. The molecule has 2 aromatic rings. The summed E-state index contributed by atoms with van der Waals surface area (Å²) in [4.78, 5) is 38.0. The Kier molecular flexibility index (Phi) is 3.66. The van der Waals surface area contributed by atoms with Crippen molar-refractivity contribution in [1.29, 1.82) is 0 Å². The van der Waals surface area contributed by atoms with E-state index in [4.69, 9.17) is 0 Å². The number of hydrogen-bond donors (Lipinski definition) is 3. The number of hydrogen-bond acceptors (Lipinski definition) is 3. The number of carboxylic acid groups (broad SMARTS) is 1. The number of para-hydroxylation sites is 1. The second-order valence-electron chi connectivity index (χ2n) is 5.55. The van der Waals surface area contributed by atoms with Crippen LogP contribution in [0.2, 0.25) is 0 Å². The molecule has 1 aromatic heterocycles. The Labute approximate surface area is 126 Å². The number of H-pyrrole nitrogens is 1. The van der Waals surface area contributed by atoms with Crippen LogP contribution in [0.5, 0.6) is 0 Å². The van der Waals surface area contributed by atoms with E-state index in [2.05, 4.69) is 10.3 Å². The Morgan fingerprint density at radius 3 is 2.77 bits per heavy atom. The van der Waals surface area contributed by atoms with Gasteiger partial charge in [-0.25, -0.2) is 0 Å². The lowest BCUT2D eigenvalue weighted by molar-refractivity contribution is -0.142. The summed E-state index contributed by atoms with van der Waals surface area (Å²) in [6.07, 6.45) is 1.98. The van der Waals surface area contributed by atoms with Gasteiger partial charge < -0.3 is 15.4 Å². The van der Waals surface area contributed by atoms with Crippen LogP contribution in [0, 0.1) is 5.92 Å². The highest BCUT2D eigenvalue weighted by Gasteiger charge is 2.34. The second-order valence-corrected chi connectivity index (χ2v) is 5.55. The summed E-state index contributed by atoms with van der Waals surface area (Å²) in [5, 5.41) is 12.6. The van der Waals surface area contributed by atoms with Crippen molar-refractivity contribution < 1.29 is 14.7 Å². The maximum atomic E-state index is 12.5. The van der Waals surface area contributed by atoms with E-state index >= 15 is 0 Å². The quantitative estimate of drug-likeness (QED) is 0.800. The zero-order valence-electron chi connectivity index (χ0n) is 11.8. The molecule has 6 nitrogen and oxygen atoms in total. The van der Waals surface area contributed by atoms with Gasteiger partial charge >= 0.3 is 5.97 Å². The van der Waals surface area contributed by atoms with Crippen molar-refractivity contribution in [2.75, 3.05) is 0 Å². The summed E-state index contributed by atoms with van der Waals surface area (Å²) >= 11 is 0. The van der Waals surface area contributed by atoms with Gasteiger partial charge in [0.2, 0.25) is 5.56 Å². The largest absolute Gasteiger partial charge is 0.481 e. The number of rotatable bonds is 3. The van der Waals surface area contributed by atoms with Gasteiger partial charge in [-0.1, -0.05) is 24.6 Å². The fraction of sp³-hybridized carbons (Fsp3) is 0.312. The highest BCUT2D eigenvalue weighted by Crippen LogP contribution is 2.26. The second kappa shape index (κ2) is 5.63. The molecule has 1 fully saturated rings. The molecular formula is C16H16N2O4. The number of carbonyl (C=O) groups excluding carboxylic acids is 1. The Morgan fingerprint density at radius 2 is 2.00 bits per heavy atom. The van der Waals surface area contributed by atoms with E-state index in [1.54, 1.807) is 24.3 Å². The first-order valence-electron chi connectivity index (χ1n) is 7.22. The number of amides is 1. The number of carboxylic acids is 1. The van der Waals surface area contributed by atoms with Crippen LogP contribution in [0.3, 0.4) is 0 Å². The number of carbonyl (C=O) groups is 2. The van der Waals surface area contributed by atoms with Gasteiger partial charge in [-0.15, -0.1) is 0 Å². The number of pyridine rings is 1. The van der Waals surface area contributed by atoms with E-state index in [0.29, 0.717) is 23.7 Å². The number of aromatic nitrogens is 1. The zero-order valence-corrected chi connectivity index (χ0v) is 11.8. The van der Waals surface area contributed by atoms with E-state index in [1.165, 1.54) is 6.07 Å². The maximum Gasteiger partial charge on any atom is 0.308 e. The number of nitrogens with one attached hydrogen (secondary N) is 2. The first-order chi connectivity index (χ1) is 10.6.